The third kappa shape index (κ3) is 4.56. The molecule has 7 heteroatoms. The van der Waals surface area contributed by atoms with Gasteiger partial charge in [-0.3, -0.25) is 9.59 Å². The number of benzene rings is 1. The van der Waals surface area contributed by atoms with Crippen LogP contribution in [0.25, 0.3) is 5.70 Å². The van der Waals surface area contributed by atoms with Gasteiger partial charge in [0.2, 0.25) is 5.91 Å². The van der Waals surface area contributed by atoms with E-state index in [9.17, 15) is 18.0 Å². The summed E-state index contributed by atoms with van der Waals surface area (Å²) in [7, 11) is -1.81. The Labute approximate surface area is 178 Å². The molecule has 1 amide bonds. The number of hydrogen-bond acceptors (Lipinski definition) is 5. The molecule has 1 aromatic rings. The van der Waals surface area contributed by atoms with Gasteiger partial charge in [0.1, 0.15) is 0 Å². The highest BCUT2D eigenvalue weighted by molar-refractivity contribution is 7.91. The van der Waals surface area contributed by atoms with Crippen molar-refractivity contribution in [1.29, 1.82) is 0 Å². The molecule has 0 bridgehead atoms. The molecule has 1 heterocycles. The van der Waals surface area contributed by atoms with E-state index >= 15 is 0 Å². The highest BCUT2D eigenvalue weighted by Gasteiger charge is 2.35. The molecule has 162 valence electrons. The van der Waals surface area contributed by atoms with E-state index in [0.29, 0.717) is 33.9 Å². The molecule has 0 saturated heterocycles. The summed E-state index contributed by atoms with van der Waals surface area (Å²) in [5, 5.41) is 2.63. The van der Waals surface area contributed by atoms with Crippen molar-refractivity contribution in [2.75, 3.05) is 12.8 Å². The van der Waals surface area contributed by atoms with Crippen LogP contribution in [0.1, 0.15) is 57.9 Å². The Bertz CT molecular complexity index is 985. The maximum atomic E-state index is 12.8. The van der Waals surface area contributed by atoms with Crippen molar-refractivity contribution in [1.82, 2.24) is 5.32 Å². The summed E-state index contributed by atoms with van der Waals surface area (Å²) in [6.07, 6.45) is 5.92. The van der Waals surface area contributed by atoms with E-state index in [1.54, 1.807) is 31.3 Å². The van der Waals surface area contributed by atoms with Gasteiger partial charge in [-0.05, 0) is 37.3 Å². The van der Waals surface area contributed by atoms with Gasteiger partial charge in [0.05, 0.1) is 27.6 Å². The normalized spacial score (nSPS) is 20.2. The Kier molecular flexibility index (Phi) is 6.91. The zero-order valence-electron chi connectivity index (χ0n) is 17.9. The number of nitrogens with zero attached hydrogens (tertiary/aromatic N) is 1. The smallest absolute Gasteiger partial charge is 0.249 e. The first kappa shape index (κ1) is 22.4. The molecule has 0 radical (unpaired) electrons. The van der Waals surface area contributed by atoms with Crippen LogP contribution in [0.15, 0.2) is 39.7 Å². The van der Waals surface area contributed by atoms with Crippen LogP contribution in [-0.2, 0) is 19.4 Å². The van der Waals surface area contributed by atoms with Crippen LogP contribution in [0.4, 0.5) is 0 Å². The third-order valence-corrected chi connectivity index (χ3v) is 7.97. The number of carbonyl (C=O) groups excluding carboxylic acids is 2. The van der Waals surface area contributed by atoms with Crippen LogP contribution < -0.4 is 5.32 Å². The molecule has 1 unspecified atom stereocenters. The van der Waals surface area contributed by atoms with Crippen molar-refractivity contribution < 1.29 is 18.0 Å². The van der Waals surface area contributed by atoms with Crippen molar-refractivity contribution in [2.24, 2.45) is 16.8 Å². The van der Waals surface area contributed by atoms with Crippen molar-refractivity contribution in [2.45, 2.75) is 57.3 Å². The van der Waals surface area contributed by atoms with Gasteiger partial charge in [-0.2, -0.15) is 0 Å². The minimum Gasteiger partial charge on any atom is -0.355 e. The van der Waals surface area contributed by atoms with E-state index in [0.717, 1.165) is 25.7 Å². The van der Waals surface area contributed by atoms with Gasteiger partial charge in [-0.15, -0.1) is 0 Å². The fraction of sp³-hybridized carbons (Fsp3) is 0.522. The quantitative estimate of drug-likeness (QED) is 0.716. The minimum absolute atomic E-state index is 0.162. The molecule has 1 fully saturated rings. The maximum absolute atomic E-state index is 12.8. The second-order valence-electron chi connectivity index (χ2n) is 8.17. The number of nitrogens with one attached hydrogen (secondary N) is 1. The molecule has 1 N–H and O–H groups in total. The molecule has 30 heavy (non-hydrogen) atoms. The van der Waals surface area contributed by atoms with E-state index in [1.165, 1.54) is 13.3 Å². The highest BCUT2D eigenvalue weighted by Crippen LogP contribution is 2.36. The van der Waals surface area contributed by atoms with E-state index in [4.69, 9.17) is 0 Å². The van der Waals surface area contributed by atoms with Crippen molar-refractivity contribution in [3.8, 4) is 0 Å². The summed E-state index contributed by atoms with van der Waals surface area (Å²) in [5.74, 6) is -0.375. The third-order valence-electron chi connectivity index (χ3n) is 6.07. The van der Waals surface area contributed by atoms with Crippen molar-refractivity contribution in [3.05, 3.63) is 35.4 Å². The van der Waals surface area contributed by atoms with Crippen LogP contribution >= 0.6 is 0 Å². The van der Waals surface area contributed by atoms with Gasteiger partial charge in [0.15, 0.2) is 15.6 Å². The second-order valence-corrected chi connectivity index (χ2v) is 10.2. The van der Waals surface area contributed by atoms with E-state index < -0.39 is 9.84 Å². The summed E-state index contributed by atoms with van der Waals surface area (Å²) in [6.45, 7) is 3.36. The average Bonchev–Trinajstić information content (AvgIpc) is 3.13. The Morgan fingerprint density at radius 1 is 1.10 bits per heavy atom. The first-order valence-electron chi connectivity index (χ1n) is 10.7. The molecular formula is C23H30N2O4S. The predicted octanol–water partition coefficient (Wildman–Crippen LogP) is 3.57. The van der Waals surface area contributed by atoms with Gasteiger partial charge in [0.25, 0.3) is 0 Å². The van der Waals surface area contributed by atoms with Crippen LogP contribution in [0.3, 0.4) is 0 Å². The standard InChI is InChI=1S/C23H30N2O4S/c1-4-19-20(23(27)24-3)22(25-21(19)15(2)26)17-10-12-18(13-11-17)30(28,29)14-16-8-6-5-7-9-16/h10-13,16,19H,4-9,14H2,1-3H3,(H,24,27). The van der Waals surface area contributed by atoms with Gasteiger partial charge < -0.3 is 5.32 Å². The van der Waals surface area contributed by atoms with Gasteiger partial charge in [0, 0.05) is 25.5 Å². The van der Waals surface area contributed by atoms with Crippen LogP contribution in [0.2, 0.25) is 0 Å². The molecule has 0 spiro atoms. The average molecular weight is 431 g/mol. The summed E-state index contributed by atoms with van der Waals surface area (Å²) in [4.78, 5) is 29.4. The Morgan fingerprint density at radius 2 is 1.73 bits per heavy atom. The highest BCUT2D eigenvalue weighted by atomic mass is 32.2. The lowest BCUT2D eigenvalue weighted by Gasteiger charge is -2.21. The number of hydrogen-bond donors (Lipinski definition) is 1. The fourth-order valence-electron chi connectivity index (χ4n) is 4.48. The fourth-order valence-corrected chi connectivity index (χ4v) is 6.18. The first-order chi connectivity index (χ1) is 14.3. The number of ketones is 1. The lowest BCUT2D eigenvalue weighted by atomic mass is 9.89. The molecule has 0 aromatic heterocycles. The second kappa shape index (κ2) is 9.25. The minimum atomic E-state index is -3.36. The van der Waals surface area contributed by atoms with E-state index in [2.05, 4.69) is 10.3 Å². The zero-order valence-corrected chi connectivity index (χ0v) is 18.7. The number of rotatable bonds is 7. The van der Waals surface area contributed by atoms with Crippen molar-refractivity contribution in [3.63, 3.8) is 0 Å². The van der Waals surface area contributed by atoms with Gasteiger partial charge in [-0.25, -0.2) is 13.4 Å². The molecular weight excluding hydrogens is 400 g/mol. The molecule has 2 aliphatic rings. The largest absolute Gasteiger partial charge is 0.355 e. The molecule has 1 aliphatic carbocycles. The predicted molar refractivity (Wildman–Crippen MR) is 118 cm³/mol. The zero-order chi connectivity index (χ0) is 21.9. The molecule has 6 nitrogen and oxygen atoms in total. The summed E-state index contributed by atoms with van der Waals surface area (Å²) in [6, 6.07) is 6.55. The Hall–Kier alpha value is -2.28. The summed E-state index contributed by atoms with van der Waals surface area (Å²) in [5.41, 5.74) is 1.92. The van der Waals surface area contributed by atoms with Crippen molar-refractivity contribution >= 4 is 32.9 Å². The number of carbonyl (C=O) groups is 2. The molecule has 1 aromatic carbocycles. The van der Waals surface area contributed by atoms with E-state index in [1.807, 2.05) is 6.92 Å². The number of amides is 1. The van der Waals surface area contributed by atoms with Crippen LogP contribution in [-0.4, -0.2) is 38.6 Å². The number of likely N-dealkylation sites (N-methyl/N-ethyl adjacent to an activating group) is 1. The SMILES string of the molecule is CCC1C(C(C)=O)=NC(c2ccc(S(=O)(=O)CC3CCCCC3)cc2)=C1C(=O)NC. The molecule has 3 rings (SSSR count). The summed E-state index contributed by atoms with van der Waals surface area (Å²) < 4.78 is 25.7. The van der Waals surface area contributed by atoms with Crippen LogP contribution in [0, 0.1) is 11.8 Å². The number of aliphatic imine (C=N–C) groups is 1. The monoisotopic (exact) mass is 430 g/mol. The van der Waals surface area contributed by atoms with E-state index in [-0.39, 0.29) is 29.3 Å². The lowest BCUT2D eigenvalue weighted by molar-refractivity contribution is -0.117. The van der Waals surface area contributed by atoms with Gasteiger partial charge >= 0.3 is 0 Å². The van der Waals surface area contributed by atoms with Gasteiger partial charge in [-0.1, -0.05) is 38.3 Å². The molecule has 1 saturated carbocycles. The first-order valence-corrected chi connectivity index (χ1v) is 12.3. The molecule has 1 aliphatic heterocycles. The lowest BCUT2D eigenvalue weighted by Crippen LogP contribution is -2.28. The number of Topliss-reactive ketones (excluding diaryl/α,β-unsaturated/α-hetero) is 1. The molecule has 1 atom stereocenters. The Morgan fingerprint density at radius 3 is 2.27 bits per heavy atom. The summed E-state index contributed by atoms with van der Waals surface area (Å²) >= 11 is 0. The Balaban J connectivity index is 1.93. The topological polar surface area (TPSA) is 92.7 Å². The maximum Gasteiger partial charge on any atom is 0.249 e. The number of sulfone groups is 1. The van der Waals surface area contributed by atoms with Crippen LogP contribution in [0.5, 0.6) is 0 Å².